The summed E-state index contributed by atoms with van der Waals surface area (Å²) in [4.78, 5) is 0.377. The zero-order chi connectivity index (χ0) is 25.5. The van der Waals surface area contributed by atoms with Gasteiger partial charge in [0.25, 0.3) is 0 Å². The van der Waals surface area contributed by atoms with Gasteiger partial charge in [-0.05, 0) is 63.0 Å². The standard InChI is InChI=1S/C30H39NO2SSi/c1-7-35(8-2,9-3)20-19-28(24(4)5)30-21-29(30,26-13-11-10-12-14-26)22-31(23-30)34(32,33)27-17-15-25(6)16-18-27/h10-18H,7-9,21-23H2,1-6H3/t29-,30+/m1/s1. The first kappa shape index (κ1) is 25.9. The van der Waals surface area contributed by atoms with Gasteiger partial charge < -0.3 is 0 Å². The molecule has 1 saturated heterocycles. The third-order valence-corrected chi connectivity index (χ3v) is 15.3. The third kappa shape index (κ3) is 4.24. The second-order valence-electron chi connectivity index (χ2n) is 10.8. The van der Waals surface area contributed by atoms with Gasteiger partial charge in [-0.2, -0.15) is 4.31 Å². The Bertz CT molecular complexity index is 1270. The molecule has 186 valence electrons. The molecular weight excluding hydrogens is 466 g/mol. The molecule has 0 spiro atoms. The fraction of sp³-hybridized carbons (Fsp3) is 0.467. The number of nitrogens with zero attached hydrogens (tertiary/aromatic N) is 1. The van der Waals surface area contributed by atoms with Gasteiger partial charge in [0.1, 0.15) is 8.07 Å². The summed E-state index contributed by atoms with van der Waals surface area (Å²) in [7, 11) is -5.22. The largest absolute Gasteiger partial charge is 0.243 e. The van der Waals surface area contributed by atoms with Crippen molar-refractivity contribution in [1.82, 2.24) is 4.31 Å². The molecule has 2 aliphatic rings. The SMILES string of the molecule is CC[Si](C#CC(=C(C)C)[C@]12CN(S(=O)(=O)c3ccc(C)cc3)C[C@@]1(c1ccccc1)C2)(CC)CC. The average Bonchev–Trinajstić information content (AvgIpc) is 3.38. The van der Waals surface area contributed by atoms with Gasteiger partial charge in [0.05, 0.1) is 4.90 Å². The molecule has 1 aliphatic heterocycles. The van der Waals surface area contributed by atoms with Crippen molar-refractivity contribution in [2.24, 2.45) is 5.41 Å². The summed E-state index contributed by atoms with van der Waals surface area (Å²) in [6, 6.07) is 21.2. The van der Waals surface area contributed by atoms with Crippen LogP contribution in [0, 0.1) is 23.8 Å². The molecule has 5 heteroatoms. The number of aryl methyl sites for hydroxylation is 1. The van der Waals surface area contributed by atoms with E-state index in [1.165, 1.54) is 16.7 Å². The monoisotopic (exact) mass is 505 g/mol. The number of fused-ring (bicyclic) bond motifs is 1. The molecule has 2 aromatic rings. The first-order chi connectivity index (χ1) is 16.6. The van der Waals surface area contributed by atoms with E-state index in [0.717, 1.165) is 30.1 Å². The molecule has 0 amide bonds. The van der Waals surface area contributed by atoms with E-state index >= 15 is 0 Å². The summed E-state index contributed by atoms with van der Waals surface area (Å²) in [5.41, 5.74) is 8.02. The fourth-order valence-corrected chi connectivity index (χ4v) is 10.1. The molecule has 0 N–H and O–H groups in total. The van der Waals surface area contributed by atoms with Crippen LogP contribution in [0.25, 0.3) is 0 Å². The summed E-state index contributed by atoms with van der Waals surface area (Å²) >= 11 is 0. The lowest BCUT2D eigenvalue weighted by atomic mass is 9.82. The normalized spacial score (nSPS) is 23.8. The van der Waals surface area contributed by atoms with E-state index in [0.29, 0.717) is 18.0 Å². The maximum atomic E-state index is 13.8. The van der Waals surface area contributed by atoms with Crippen LogP contribution in [-0.4, -0.2) is 33.9 Å². The molecule has 2 aromatic carbocycles. The third-order valence-electron chi connectivity index (χ3n) is 8.73. The van der Waals surface area contributed by atoms with Crippen LogP contribution < -0.4 is 0 Å². The van der Waals surface area contributed by atoms with Gasteiger partial charge in [-0.1, -0.05) is 80.3 Å². The van der Waals surface area contributed by atoms with Gasteiger partial charge >= 0.3 is 0 Å². The lowest BCUT2D eigenvalue weighted by molar-refractivity contribution is 0.420. The van der Waals surface area contributed by atoms with E-state index in [-0.39, 0.29) is 10.8 Å². The molecule has 4 rings (SSSR count). The molecule has 1 aliphatic carbocycles. The molecule has 2 atom stereocenters. The Morgan fingerprint density at radius 3 is 2.09 bits per heavy atom. The Labute approximate surface area is 213 Å². The van der Waals surface area contributed by atoms with Crippen LogP contribution >= 0.6 is 0 Å². The van der Waals surface area contributed by atoms with E-state index in [4.69, 9.17) is 0 Å². The van der Waals surface area contributed by atoms with Crippen LogP contribution in [0.15, 0.2) is 70.6 Å². The van der Waals surface area contributed by atoms with Crippen LogP contribution in [0.1, 0.15) is 52.2 Å². The van der Waals surface area contributed by atoms with Gasteiger partial charge in [-0.15, -0.1) is 5.54 Å². The summed E-state index contributed by atoms with van der Waals surface area (Å²) in [6.45, 7) is 14.1. The van der Waals surface area contributed by atoms with Gasteiger partial charge in [-0.3, -0.25) is 0 Å². The Balaban J connectivity index is 1.82. The average molecular weight is 506 g/mol. The number of hydrogen-bond acceptors (Lipinski definition) is 2. The molecule has 3 nitrogen and oxygen atoms in total. The summed E-state index contributed by atoms with van der Waals surface area (Å²) in [5, 5.41) is 0. The predicted molar refractivity (Wildman–Crippen MR) is 148 cm³/mol. The van der Waals surface area contributed by atoms with E-state index < -0.39 is 18.1 Å². The van der Waals surface area contributed by atoms with Crippen molar-refractivity contribution in [2.75, 3.05) is 13.1 Å². The lowest BCUT2D eigenvalue weighted by Gasteiger charge is -2.23. The van der Waals surface area contributed by atoms with Crippen molar-refractivity contribution >= 4 is 18.1 Å². The Hall–Kier alpha value is -2.13. The number of benzene rings is 2. The maximum absolute atomic E-state index is 13.8. The minimum Gasteiger partial charge on any atom is -0.207 e. The molecule has 35 heavy (non-hydrogen) atoms. The lowest BCUT2D eigenvalue weighted by Crippen LogP contribution is -2.33. The first-order valence-corrected chi connectivity index (χ1v) is 17.0. The maximum Gasteiger partial charge on any atom is 0.243 e. The molecule has 1 saturated carbocycles. The Morgan fingerprint density at radius 2 is 1.54 bits per heavy atom. The molecule has 0 radical (unpaired) electrons. The number of sulfonamides is 1. The number of hydrogen-bond donors (Lipinski definition) is 0. The second-order valence-corrected chi connectivity index (χ2v) is 17.6. The van der Waals surface area contributed by atoms with Crippen LogP contribution in [-0.2, 0) is 15.4 Å². The van der Waals surface area contributed by atoms with Crippen molar-refractivity contribution in [1.29, 1.82) is 0 Å². The van der Waals surface area contributed by atoms with E-state index in [9.17, 15) is 8.42 Å². The van der Waals surface area contributed by atoms with Crippen molar-refractivity contribution < 1.29 is 8.42 Å². The second kappa shape index (κ2) is 9.39. The zero-order valence-corrected chi connectivity index (χ0v) is 23.9. The highest BCUT2D eigenvalue weighted by atomic mass is 32.2. The topological polar surface area (TPSA) is 37.4 Å². The van der Waals surface area contributed by atoms with E-state index in [1.54, 1.807) is 16.4 Å². The predicted octanol–water partition coefficient (Wildman–Crippen LogP) is 6.71. The Morgan fingerprint density at radius 1 is 0.943 bits per heavy atom. The summed E-state index contributed by atoms with van der Waals surface area (Å²) in [5.74, 6) is 3.72. The summed E-state index contributed by atoms with van der Waals surface area (Å²) in [6.07, 6.45) is 0.956. The minimum absolute atomic E-state index is 0.220. The van der Waals surface area contributed by atoms with Gasteiger partial charge in [0.15, 0.2) is 0 Å². The summed E-state index contributed by atoms with van der Waals surface area (Å²) < 4.78 is 29.2. The highest BCUT2D eigenvalue weighted by Crippen LogP contribution is 2.73. The zero-order valence-electron chi connectivity index (χ0n) is 22.1. The molecule has 2 fully saturated rings. The molecular formula is C30H39NO2SSi. The van der Waals surface area contributed by atoms with Crippen molar-refractivity contribution in [3.8, 4) is 11.5 Å². The van der Waals surface area contributed by atoms with Gasteiger partial charge in [-0.25, -0.2) is 8.42 Å². The minimum atomic E-state index is -3.59. The van der Waals surface area contributed by atoms with E-state index in [2.05, 4.69) is 70.3 Å². The number of rotatable bonds is 7. The quantitative estimate of drug-likeness (QED) is 0.310. The highest BCUT2D eigenvalue weighted by Gasteiger charge is 2.75. The smallest absolute Gasteiger partial charge is 0.207 e. The highest BCUT2D eigenvalue weighted by molar-refractivity contribution is 7.89. The number of piperidine rings is 1. The van der Waals surface area contributed by atoms with Crippen LogP contribution in [0.2, 0.25) is 18.1 Å². The van der Waals surface area contributed by atoms with Crippen molar-refractivity contribution in [3.63, 3.8) is 0 Å². The van der Waals surface area contributed by atoms with Crippen molar-refractivity contribution in [3.05, 3.63) is 76.9 Å². The number of allylic oxidation sites excluding steroid dienone is 1. The fourth-order valence-electron chi connectivity index (χ4n) is 6.14. The molecule has 1 heterocycles. The van der Waals surface area contributed by atoms with Crippen molar-refractivity contribution in [2.45, 2.75) is 76.4 Å². The van der Waals surface area contributed by atoms with Crippen LogP contribution in [0.5, 0.6) is 0 Å². The van der Waals surface area contributed by atoms with Crippen LogP contribution in [0.3, 0.4) is 0 Å². The van der Waals surface area contributed by atoms with Gasteiger partial charge in [0, 0.05) is 29.5 Å². The van der Waals surface area contributed by atoms with Gasteiger partial charge in [0.2, 0.25) is 10.0 Å². The van der Waals surface area contributed by atoms with E-state index in [1.807, 2.05) is 25.1 Å². The molecule has 0 unspecified atom stereocenters. The Kier molecular flexibility index (Phi) is 6.96. The molecule has 0 aromatic heterocycles. The van der Waals surface area contributed by atoms with Crippen LogP contribution in [0.4, 0.5) is 0 Å². The first-order valence-electron chi connectivity index (χ1n) is 12.9. The molecule has 0 bridgehead atoms.